The van der Waals surface area contributed by atoms with Crippen LogP contribution in [0, 0.1) is 5.92 Å². The van der Waals surface area contributed by atoms with Crippen molar-refractivity contribution in [2.24, 2.45) is 5.92 Å². The predicted octanol–water partition coefficient (Wildman–Crippen LogP) is 4.73. The van der Waals surface area contributed by atoms with Gasteiger partial charge in [0.2, 0.25) is 11.8 Å². The molecule has 8 nitrogen and oxygen atoms in total. The monoisotopic (exact) mass is 625 g/mol. The third-order valence-electron chi connectivity index (χ3n) is 5.83. The normalized spacial score (nSPS) is 14.0. The Morgan fingerprint density at radius 1 is 0.805 bits per heavy atom. The van der Waals surface area contributed by atoms with Crippen LogP contribution < -0.4 is 20.7 Å². The first-order valence-electron chi connectivity index (χ1n) is 11.9. The maximum atomic E-state index is 14.8. The number of methoxy groups -OCH3 is 1. The molecule has 3 amide bonds. The van der Waals surface area contributed by atoms with Gasteiger partial charge < -0.3 is 20.7 Å². The molecule has 2 aromatic rings. The molecule has 0 spiro atoms. The lowest BCUT2D eigenvalue weighted by Crippen LogP contribution is -2.55. The van der Waals surface area contributed by atoms with E-state index in [1.807, 2.05) is 10.6 Å². The maximum absolute atomic E-state index is 14.8. The lowest BCUT2D eigenvalue weighted by Gasteiger charge is -2.27. The van der Waals surface area contributed by atoms with E-state index in [4.69, 9.17) is 27.9 Å². The number of hydrogen-bond acceptors (Lipinski definition) is 5. The predicted molar refractivity (Wildman–Crippen MR) is 140 cm³/mol. The van der Waals surface area contributed by atoms with Gasteiger partial charge in [-0.1, -0.05) is 55.2 Å². The first-order valence-corrected chi connectivity index (χ1v) is 12.7. The first kappa shape index (κ1) is 33.8. The molecule has 224 valence electrons. The fourth-order valence-corrected chi connectivity index (χ4v) is 3.79. The number of amides is 3. The Labute approximate surface area is 241 Å². The molecule has 2 aromatic carbocycles. The minimum atomic E-state index is -5.25. The van der Waals surface area contributed by atoms with Crippen molar-refractivity contribution in [2.45, 2.75) is 51.0 Å². The molecule has 0 saturated carbocycles. The number of carbonyl (C=O) groups excluding carboxylic acids is 4. The second-order valence-electron chi connectivity index (χ2n) is 9.21. The van der Waals surface area contributed by atoms with E-state index in [-0.39, 0.29) is 15.6 Å². The van der Waals surface area contributed by atoms with E-state index in [0.29, 0.717) is 5.75 Å². The average molecular weight is 626 g/mol. The third kappa shape index (κ3) is 8.52. The van der Waals surface area contributed by atoms with Crippen molar-refractivity contribution in [1.82, 2.24) is 16.0 Å². The van der Waals surface area contributed by atoms with Gasteiger partial charge in [-0.05, 0) is 42.7 Å². The summed E-state index contributed by atoms with van der Waals surface area (Å²) in [4.78, 5) is 50.3. The van der Waals surface area contributed by atoms with Crippen LogP contribution in [0.1, 0.15) is 37.9 Å². The van der Waals surface area contributed by atoms with E-state index >= 15 is 0 Å². The van der Waals surface area contributed by atoms with Crippen molar-refractivity contribution >= 4 is 46.7 Å². The molecule has 0 fully saturated rings. The van der Waals surface area contributed by atoms with Gasteiger partial charge in [0, 0.05) is 5.56 Å². The fraction of sp³-hybridized carbons (Fsp3) is 0.385. The van der Waals surface area contributed by atoms with Gasteiger partial charge in [-0.2, -0.15) is 22.0 Å². The molecule has 41 heavy (non-hydrogen) atoms. The number of halogens is 7. The van der Waals surface area contributed by atoms with Crippen molar-refractivity contribution in [3.8, 4) is 5.75 Å². The van der Waals surface area contributed by atoms with Gasteiger partial charge in [0.15, 0.2) is 0 Å². The van der Waals surface area contributed by atoms with Gasteiger partial charge in [-0.15, -0.1) is 0 Å². The molecule has 0 radical (unpaired) electrons. The molecule has 3 N–H and O–H groups in total. The van der Waals surface area contributed by atoms with Crippen LogP contribution in [-0.4, -0.2) is 48.9 Å². The average Bonchev–Trinajstić information content (AvgIpc) is 2.90. The van der Waals surface area contributed by atoms with Crippen molar-refractivity contribution in [2.75, 3.05) is 7.11 Å². The highest BCUT2D eigenvalue weighted by Crippen LogP contribution is 2.33. The van der Waals surface area contributed by atoms with Crippen LogP contribution in [0.15, 0.2) is 42.5 Å². The van der Waals surface area contributed by atoms with Gasteiger partial charge in [-0.3, -0.25) is 19.2 Å². The topological polar surface area (TPSA) is 114 Å². The zero-order chi connectivity index (χ0) is 31.3. The van der Waals surface area contributed by atoms with Crippen LogP contribution in [0.2, 0.25) is 10.0 Å². The number of nitrogens with one attached hydrogen (secondary N) is 3. The fourth-order valence-electron chi connectivity index (χ4n) is 3.49. The van der Waals surface area contributed by atoms with E-state index in [0.717, 1.165) is 25.1 Å². The maximum Gasteiger partial charge on any atom is 0.452 e. The summed E-state index contributed by atoms with van der Waals surface area (Å²) in [5, 5.41) is 5.80. The Bertz CT molecular complexity index is 1290. The minimum absolute atomic E-state index is 0.0288. The summed E-state index contributed by atoms with van der Waals surface area (Å²) in [5.41, 5.74) is -0.750. The summed E-state index contributed by atoms with van der Waals surface area (Å²) in [7, 11) is 1.36. The van der Waals surface area contributed by atoms with Crippen LogP contribution in [0.4, 0.5) is 22.0 Å². The molecule has 0 unspecified atom stereocenters. The molecular formula is C26H26Cl2F5N3O5. The summed E-state index contributed by atoms with van der Waals surface area (Å²) >= 11 is 11.5. The molecule has 3 atom stereocenters. The number of Topliss-reactive ketones (excluding diaryl/α,β-unsaturated/α-hetero) is 1. The van der Waals surface area contributed by atoms with E-state index in [1.165, 1.54) is 45.2 Å². The number of carbonyl (C=O) groups is 4. The van der Waals surface area contributed by atoms with Crippen molar-refractivity contribution < 1.29 is 45.9 Å². The highest BCUT2D eigenvalue weighted by molar-refractivity contribution is 6.42. The number of ketones is 1. The highest BCUT2D eigenvalue weighted by Gasteiger charge is 2.46. The quantitative estimate of drug-likeness (QED) is 0.313. The van der Waals surface area contributed by atoms with Crippen molar-refractivity contribution in [3.05, 3.63) is 63.6 Å². The summed E-state index contributed by atoms with van der Waals surface area (Å²) in [6, 6.07) is 2.82. The van der Waals surface area contributed by atoms with Gasteiger partial charge in [0.25, 0.3) is 11.7 Å². The molecule has 0 aromatic heterocycles. The summed E-state index contributed by atoms with van der Waals surface area (Å²) in [6.45, 7) is 3.60. The SMILES string of the molecule is COc1ccc([C@H](NC(=O)[C@H](C)NC(=O)C(F)(F)c2ccc(Cl)c(Cl)c2)C(=O)N[C@H](C(=O)C(F)(F)F)C(C)C)cc1. The molecule has 0 aliphatic carbocycles. The van der Waals surface area contributed by atoms with E-state index in [2.05, 4.69) is 5.32 Å². The first-order chi connectivity index (χ1) is 18.9. The number of alkyl halides is 5. The zero-order valence-corrected chi connectivity index (χ0v) is 23.5. The Hall–Kier alpha value is -3.45. The van der Waals surface area contributed by atoms with E-state index < -0.39 is 65.2 Å². The Balaban J connectivity index is 2.30. The van der Waals surface area contributed by atoms with E-state index in [1.54, 1.807) is 0 Å². The number of rotatable bonds is 11. The number of benzene rings is 2. The molecule has 0 heterocycles. The Morgan fingerprint density at radius 3 is 1.88 bits per heavy atom. The molecule has 0 bridgehead atoms. The van der Waals surface area contributed by atoms with Gasteiger partial charge in [0.1, 0.15) is 17.8 Å². The molecule has 2 rings (SSSR count). The molecule has 15 heteroatoms. The van der Waals surface area contributed by atoms with Crippen LogP contribution >= 0.6 is 23.2 Å². The highest BCUT2D eigenvalue weighted by atomic mass is 35.5. The zero-order valence-electron chi connectivity index (χ0n) is 22.0. The van der Waals surface area contributed by atoms with Crippen LogP contribution in [-0.2, 0) is 25.1 Å². The van der Waals surface area contributed by atoms with Crippen LogP contribution in [0.25, 0.3) is 0 Å². The second-order valence-corrected chi connectivity index (χ2v) is 10.0. The third-order valence-corrected chi connectivity index (χ3v) is 6.57. The number of hydrogen-bond donors (Lipinski definition) is 3. The largest absolute Gasteiger partial charge is 0.497 e. The van der Waals surface area contributed by atoms with Crippen LogP contribution in [0.3, 0.4) is 0 Å². The van der Waals surface area contributed by atoms with Crippen molar-refractivity contribution in [1.29, 1.82) is 0 Å². The van der Waals surface area contributed by atoms with E-state index in [9.17, 15) is 41.1 Å². The Morgan fingerprint density at radius 2 is 1.39 bits per heavy atom. The molecule has 0 aliphatic rings. The minimum Gasteiger partial charge on any atom is -0.497 e. The number of ether oxygens (including phenoxy) is 1. The van der Waals surface area contributed by atoms with Crippen LogP contribution in [0.5, 0.6) is 5.75 Å². The van der Waals surface area contributed by atoms with Gasteiger partial charge >= 0.3 is 12.1 Å². The van der Waals surface area contributed by atoms with Gasteiger partial charge in [0.05, 0.1) is 23.2 Å². The Kier molecular flexibility index (Phi) is 11.1. The standard InChI is InChI=1S/C26H26Cl2F5N3O5/c1-12(2)19(21(37)26(31,32)33)35-23(39)20(14-5-8-16(41-4)9-6-14)36-22(38)13(3)34-24(40)25(29,30)15-7-10-17(27)18(28)11-15/h5-13,19-20H,1-4H3,(H,34,40)(H,35,39)(H,36,38)/t13-,19-,20-/m0/s1. The summed E-state index contributed by atoms with van der Waals surface area (Å²) < 4.78 is 73.9. The van der Waals surface area contributed by atoms with Crippen molar-refractivity contribution in [3.63, 3.8) is 0 Å². The molecule has 0 aliphatic heterocycles. The smallest absolute Gasteiger partial charge is 0.452 e. The summed E-state index contributed by atoms with van der Waals surface area (Å²) in [5.74, 6) is -11.2. The van der Waals surface area contributed by atoms with Gasteiger partial charge in [-0.25, -0.2) is 0 Å². The molecule has 0 saturated heterocycles. The second kappa shape index (κ2) is 13.5. The lowest BCUT2D eigenvalue weighted by molar-refractivity contribution is -0.175. The summed E-state index contributed by atoms with van der Waals surface area (Å²) in [6.07, 6.45) is -5.25. The lowest BCUT2D eigenvalue weighted by atomic mass is 9.97. The molecular weight excluding hydrogens is 600 g/mol.